The van der Waals surface area contributed by atoms with Gasteiger partial charge in [0.05, 0.1) is 11.6 Å². The molecule has 1 unspecified atom stereocenters. The second kappa shape index (κ2) is 8.42. The van der Waals surface area contributed by atoms with Gasteiger partial charge < -0.3 is 10.0 Å². The molecule has 0 bridgehead atoms. The molecule has 0 spiro atoms. The third-order valence-corrected chi connectivity index (χ3v) is 6.17. The van der Waals surface area contributed by atoms with Crippen LogP contribution in [0.15, 0.2) is 71.6 Å². The van der Waals surface area contributed by atoms with Gasteiger partial charge >= 0.3 is 0 Å². The molecule has 1 amide bonds. The van der Waals surface area contributed by atoms with E-state index in [1.807, 2.05) is 17.5 Å². The number of halogens is 2. The van der Waals surface area contributed by atoms with Crippen molar-refractivity contribution in [2.75, 3.05) is 6.54 Å². The number of thiophene rings is 1. The maximum atomic E-state index is 13.2. The Morgan fingerprint density at radius 3 is 2.53 bits per heavy atom. The Hall–Kier alpha value is -2.96. The van der Waals surface area contributed by atoms with Crippen LogP contribution < -0.4 is 0 Å². The summed E-state index contributed by atoms with van der Waals surface area (Å²) < 4.78 is 13.2. The molecule has 1 aromatic heterocycles. The van der Waals surface area contributed by atoms with Gasteiger partial charge in [0.2, 0.25) is 0 Å². The number of carbonyl (C=O) groups excluding carboxylic acids is 2. The van der Waals surface area contributed by atoms with Crippen molar-refractivity contribution in [2.24, 2.45) is 0 Å². The van der Waals surface area contributed by atoms with Crippen LogP contribution in [0.25, 0.3) is 5.76 Å². The van der Waals surface area contributed by atoms with Gasteiger partial charge in [-0.1, -0.05) is 41.9 Å². The van der Waals surface area contributed by atoms with E-state index in [9.17, 15) is 19.1 Å². The molecule has 1 aliphatic heterocycles. The van der Waals surface area contributed by atoms with Crippen LogP contribution in [0, 0.1) is 5.82 Å². The third kappa shape index (κ3) is 3.88. The molecule has 4 nitrogen and oxygen atoms in total. The summed E-state index contributed by atoms with van der Waals surface area (Å²) in [5.74, 6) is -1.98. The van der Waals surface area contributed by atoms with E-state index in [0.29, 0.717) is 17.0 Å². The average Bonchev–Trinajstić information content (AvgIpc) is 3.35. The molecule has 3 aromatic rings. The number of likely N-dealkylation sites (tertiary alicyclic amines) is 1. The molecule has 0 aliphatic carbocycles. The van der Waals surface area contributed by atoms with Gasteiger partial charge in [0.25, 0.3) is 11.7 Å². The molecule has 1 aliphatic rings. The number of hydrogen-bond donors (Lipinski definition) is 1. The summed E-state index contributed by atoms with van der Waals surface area (Å²) in [5.41, 5.74) is 1.27. The van der Waals surface area contributed by atoms with Crippen molar-refractivity contribution in [1.82, 2.24) is 4.90 Å². The van der Waals surface area contributed by atoms with E-state index in [1.165, 1.54) is 28.4 Å². The van der Waals surface area contributed by atoms with Crippen LogP contribution in [0.3, 0.4) is 0 Å². The molecular weight excluding hydrogens is 425 g/mol. The van der Waals surface area contributed by atoms with Crippen LogP contribution in [-0.4, -0.2) is 28.2 Å². The van der Waals surface area contributed by atoms with Crippen molar-refractivity contribution in [2.45, 2.75) is 12.5 Å². The summed E-state index contributed by atoms with van der Waals surface area (Å²) in [6.07, 6.45) is 0.451. The summed E-state index contributed by atoms with van der Waals surface area (Å²) >= 11 is 7.44. The summed E-state index contributed by atoms with van der Waals surface area (Å²) in [4.78, 5) is 28.0. The summed E-state index contributed by atoms with van der Waals surface area (Å²) in [5, 5.41) is 13.2. The van der Waals surface area contributed by atoms with E-state index in [1.54, 1.807) is 36.4 Å². The number of rotatable bonds is 5. The summed E-state index contributed by atoms with van der Waals surface area (Å²) in [6, 6.07) is 15.5. The van der Waals surface area contributed by atoms with Crippen molar-refractivity contribution in [1.29, 1.82) is 0 Å². The largest absolute Gasteiger partial charge is 0.507 e. The van der Waals surface area contributed by atoms with E-state index in [2.05, 4.69) is 0 Å². The van der Waals surface area contributed by atoms with Crippen molar-refractivity contribution in [3.05, 3.63) is 98.5 Å². The Kier molecular flexibility index (Phi) is 5.70. The van der Waals surface area contributed by atoms with E-state index in [4.69, 9.17) is 11.6 Å². The predicted molar refractivity (Wildman–Crippen MR) is 115 cm³/mol. The molecule has 7 heteroatoms. The van der Waals surface area contributed by atoms with Gasteiger partial charge in [0.1, 0.15) is 11.6 Å². The normalized spacial score (nSPS) is 18.2. The molecule has 2 aromatic carbocycles. The Labute approximate surface area is 181 Å². The molecule has 1 N–H and O–H groups in total. The van der Waals surface area contributed by atoms with Crippen LogP contribution in [0.5, 0.6) is 0 Å². The van der Waals surface area contributed by atoms with Gasteiger partial charge in [-0.25, -0.2) is 4.39 Å². The van der Waals surface area contributed by atoms with Gasteiger partial charge in [-0.3, -0.25) is 9.59 Å². The number of benzene rings is 2. The molecule has 4 rings (SSSR count). The van der Waals surface area contributed by atoms with Crippen LogP contribution in [0.2, 0.25) is 5.02 Å². The first-order chi connectivity index (χ1) is 14.5. The fourth-order valence-corrected chi connectivity index (χ4v) is 4.58. The average molecular weight is 442 g/mol. The number of Topliss-reactive ketones (excluding diaryl/α,β-unsaturated/α-hetero) is 1. The maximum absolute atomic E-state index is 13.2. The predicted octanol–water partition coefficient (Wildman–Crippen LogP) is 5.21. The minimum Gasteiger partial charge on any atom is -0.507 e. The Balaban J connectivity index is 1.73. The number of hydrogen-bond acceptors (Lipinski definition) is 4. The van der Waals surface area contributed by atoms with Gasteiger partial charge in [-0.05, 0) is 47.7 Å². The van der Waals surface area contributed by atoms with Crippen LogP contribution in [0.1, 0.15) is 22.0 Å². The fourth-order valence-electron chi connectivity index (χ4n) is 3.55. The quantitative estimate of drug-likeness (QED) is 0.336. The molecule has 1 fully saturated rings. The Morgan fingerprint density at radius 2 is 1.87 bits per heavy atom. The van der Waals surface area contributed by atoms with E-state index < -0.39 is 17.7 Å². The lowest BCUT2D eigenvalue weighted by atomic mass is 10.00. The van der Waals surface area contributed by atoms with Crippen molar-refractivity contribution < 1.29 is 19.1 Å². The summed E-state index contributed by atoms with van der Waals surface area (Å²) in [7, 11) is 0. The zero-order valence-electron chi connectivity index (χ0n) is 15.7. The first kappa shape index (κ1) is 20.3. The van der Waals surface area contributed by atoms with E-state index in [0.717, 1.165) is 10.4 Å². The molecule has 0 saturated carbocycles. The van der Waals surface area contributed by atoms with Gasteiger partial charge in [0.15, 0.2) is 0 Å². The summed E-state index contributed by atoms with van der Waals surface area (Å²) in [6.45, 7) is 0.255. The van der Waals surface area contributed by atoms with Crippen molar-refractivity contribution in [3.8, 4) is 0 Å². The number of amides is 1. The Bertz CT molecular complexity index is 1130. The molecular formula is C23H17ClFNO3S. The SMILES string of the molecule is O=C1C(=O)N(CCc2ccc(F)cc2)C(c2cccs2)/C1=C(/O)c1cccc(Cl)c1. The molecule has 1 atom stereocenters. The second-order valence-electron chi connectivity index (χ2n) is 6.89. The molecule has 30 heavy (non-hydrogen) atoms. The monoisotopic (exact) mass is 441 g/mol. The number of ketones is 1. The fraction of sp³-hybridized carbons (Fsp3) is 0.130. The number of aliphatic hydroxyl groups is 1. The molecule has 2 heterocycles. The van der Waals surface area contributed by atoms with Crippen molar-refractivity contribution in [3.63, 3.8) is 0 Å². The van der Waals surface area contributed by atoms with Crippen molar-refractivity contribution >= 4 is 40.4 Å². The topological polar surface area (TPSA) is 57.6 Å². The first-order valence-corrected chi connectivity index (χ1v) is 10.5. The number of aliphatic hydroxyl groups excluding tert-OH is 1. The highest BCUT2D eigenvalue weighted by Crippen LogP contribution is 2.41. The molecule has 0 radical (unpaired) electrons. The number of nitrogens with zero attached hydrogens (tertiary/aromatic N) is 1. The smallest absolute Gasteiger partial charge is 0.295 e. The van der Waals surface area contributed by atoms with E-state index >= 15 is 0 Å². The zero-order valence-corrected chi connectivity index (χ0v) is 17.3. The lowest BCUT2D eigenvalue weighted by Crippen LogP contribution is -2.31. The molecule has 1 saturated heterocycles. The van der Waals surface area contributed by atoms with E-state index in [-0.39, 0.29) is 23.7 Å². The standard InChI is InChI=1S/C23H17ClFNO3S/c24-16-4-1-3-15(13-16)21(27)19-20(18-5-2-12-30-18)26(23(29)22(19)28)11-10-14-6-8-17(25)9-7-14/h1-9,12-13,20,27H,10-11H2/b21-19-. The van der Waals surface area contributed by atoms with Crippen LogP contribution in [-0.2, 0) is 16.0 Å². The highest BCUT2D eigenvalue weighted by molar-refractivity contribution is 7.10. The Morgan fingerprint density at radius 1 is 1.10 bits per heavy atom. The van der Waals surface area contributed by atoms with Gasteiger partial charge in [-0.2, -0.15) is 0 Å². The van der Waals surface area contributed by atoms with Gasteiger partial charge in [0, 0.05) is 22.0 Å². The second-order valence-corrected chi connectivity index (χ2v) is 8.31. The van der Waals surface area contributed by atoms with Crippen LogP contribution in [0.4, 0.5) is 4.39 Å². The molecule has 152 valence electrons. The highest BCUT2D eigenvalue weighted by Gasteiger charge is 2.46. The van der Waals surface area contributed by atoms with Crippen LogP contribution >= 0.6 is 22.9 Å². The number of carbonyl (C=O) groups is 2. The lowest BCUT2D eigenvalue weighted by molar-refractivity contribution is -0.139. The maximum Gasteiger partial charge on any atom is 0.295 e. The minimum absolute atomic E-state index is 0.0452. The lowest BCUT2D eigenvalue weighted by Gasteiger charge is -2.24. The highest BCUT2D eigenvalue weighted by atomic mass is 35.5. The zero-order chi connectivity index (χ0) is 21.3. The first-order valence-electron chi connectivity index (χ1n) is 9.28. The third-order valence-electron chi connectivity index (χ3n) is 5.01. The van der Waals surface area contributed by atoms with Gasteiger partial charge in [-0.15, -0.1) is 11.3 Å². The minimum atomic E-state index is -0.731.